The van der Waals surface area contributed by atoms with Crippen molar-refractivity contribution < 1.29 is 9.47 Å². The van der Waals surface area contributed by atoms with Crippen LogP contribution in [-0.2, 0) is 5.41 Å². The summed E-state index contributed by atoms with van der Waals surface area (Å²) in [6, 6.07) is 3.80. The van der Waals surface area contributed by atoms with Gasteiger partial charge in [0.1, 0.15) is 5.82 Å². The van der Waals surface area contributed by atoms with Gasteiger partial charge in [0.15, 0.2) is 11.5 Å². The summed E-state index contributed by atoms with van der Waals surface area (Å²) >= 11 is 0. The summed E-state index contributed by atoms with van der Waals surface area (Å²) in [7, 11) is 3.26. The Hall–Kier alpha value is -1.71. The first-order chi connectivity index (χ1) is 7.95. The summed E-state index contributed by atoms with van der Waals surface area (Å²) < 4.78 is 10.5. The molecule has 1 aromatic carbocycles. The first kappa shape index (κ1) is 11.8. The molecule has 1 aromatic heterocycles. The van der Waals surface area contributed by atoms with Crippen LogP contribution in [-0.4, -0.2) is 24.2 Å². The number of ether oxygens (including phenoxy) is 2. The van der Waals surface area contributed by atoms with Crippen molar-refractivity contribution in [3.8, 4) is 11.5 Å². The highest BCUT2D eigenvalue weighted by molar-refractivity contribution is 5.80. The molecule has 0 amide bonds. The molecule has 0 aliphatic heterocycles. The van der Waals surface area contributed by atoms with Crippen molar-refractivity contribution in [2.45, 2.75) is 26.2 Å². The van der Waals surface area contributed by atoms with Gasteiger partial charge in [-0.25, -0.2) is 4.98 Å². The molecule has 4 heteroatoms. The molecule has 0 unspecified atom stereocenters. The molecule has 0 bridgehead atoms. The number of rotatable bonds is 2. The Morgan fingerprint density at radius 3 is 2.18 bits per heavy atom. The number of methoxy groups -OCH3 is 2. The van der Waals surface area contributed by atoms with Crippen LogP contribution in [0, 0.1) is 0 Å². The number of imidazole rings is 1. The second kappa shape index (κ2) is 3.95. The SMILES string of the molecule is COc1cc2nc(C(C)(C)C)[nH]c2cc1OC. The van der Waals surface area contributed by atoms with E-state index in [4.69, 9.17) is 9.47 Å². The summed E-state index contributed by atoms with van der Waals surface area (Å²) in [6.45, 7) is 6.37. The summed E-state index contributed by atoms with van der Waals surface area (Å²) in [5.41, 5.74) is 1.86. The Morgan fingerprint density at radius 2 is 1.65 bits per heavy atom. The van der Waals surface area contributed by atoms with Crippen LogP contribution < -0.4 is 9.47 Å². The highest BCUT2D eigenvalue weighted by atomic mass is 16.5. The van der Waals surface area contributed by atoms with Crippen molar-refractivity contribution in [3.63, 3.8) is 0 Å². The van der Waals surface area contributed by atoms with E-state index in [1.165, 1.54) is 0 Å². The maximum Gasteiger partial charge on any atom is 0.163 e. The van der Waals surface area contributed by atoms with Crippen molar-refractivity contribution >= 4 is 11.0 Å². The van der Waals surface area contributed by atoms with E-state index in [1.54, 1.807) is 14.2 Å². The molecule has 1 N–H and O–H groups in total. The second-order valence-corrected chi connectivity index (χ2v) is 5.06. The zero-order chi connectivity index (χ0) is 12.6. The minimum absolute atomic E-state index is 0.000506. The molecule has 4 nitrogen and oxygen atoms in total. The number of hydrogen-bond acceptors (Lipinski definition) is 3. The average Bonchev–Trinajstić information content (AvgIpc) is 2.69. The fourth-order valence-electron chi connectivity index (χ4n) is 1.69. The van der Waals surface area contributed by atoms with Crippen LogP contribution in [0.25, 0.3) is 11.0 Å². The van der Waals surface area contributed by atoms with E-state index in [-0.39, 0.29) is 5.41 Å². The van der Waals surface area contributed by atoms with E-state index >= 15 is 0 Å². The van der Waals surface area contributed by atoms with Gasteiger partial charge in [-0.05, 0) is 0 Å². The monoisotopic (exact) mass is 234 g/mol. The smallest absolute Gasteiger partial charge is 0.163 e. The number of nitrogens with one attached hydrogen (secondary N) is 1. The van der Waals surface area contributed by atoms with Crippen LogP contribution in [0.4, 0.5) is 0 Å². The van der Waals surface area contributed by atoms with E-state index < -0.39 is 0 Å². The van der Waals surface area contributed by atoms with E-state index in [0.29, 0.717) is 11.5 Å². The molecule has 17 heavy (non-hydrogen) atoms. The molecule has 0 saturated heterocycles. The maximum absolute atomic E-state index is 5.27. The molecule has 0 aliphatic rings. The molecule has 2 aromatic rings. The van der Waals surface area contributed by atoms with Crippen LogP contribution in [0.5, 0.6) is 11.5 Å². The van der Waals surface area contributed by atoms with Gasteiger partial charge in [-0.1, -0.05) is 20.8 Å². The standard InChI is InChI=1S/C13H18N2O2/c1-13(2,3)12-14-8-6-10(16-4)11(17-5)7-9(8)15-12/h6-7H,1-5H3,(H,14,15). The predicted octanol–water partition coefficient (Wildman–Crippen LogP) is 2.88. The normalized spacial score (nSPS) is 11.8. The predicted molar refractivity (Wildman–Crippen MR) is 67.9 cm³/mol. The zero-order valence-corrected chi connectivity index (χ0v) is 10.9. The zero-order valence-electron chi connectivity index (χ0n) is 10.9. The molecule has 92 valence electrons. The summed E-state index contributed by atoms with van der Waals surface area (Å²) in [5.74, 6) is 2.37. The summed E-state index contributed by atoms with van der Waals surface area (Å²) in [4.78, 5) is 7.89. The lowest BCUT2D eigenvalue weighted by molar-refractivity contribution is 0.356. The van der Waals surface area contributed by atoms with Gasteiger partial charge < -0.3 is 14.5 Å². The fraction of sp³-hybridized carbons (Fsp3) is 0.462. The average molecular weight is 234 g/mol. The van der Waals surface area contributed by atoms with Gasteiger partial charge in [0.05, 0.1) is 25.3 Å². The summed E-state index contributed by atoms with van der Waals surface area (Å²) in [6.07, 6.45) is 0. The molecule has 0 radical (unpaired) electrons. The van der Waals surface area contributed by atoms with Gasteiger partial charge in [0.25, 0.3) is 0 Å². The third-order valence-electron chi connectivity index (χ3n) is 2.70. The first-order valence-corrected chi connectivity index (χ1v) is 5.58. The number of aromatic nitrogens is 2. The molecule has 0 saturated carbocycles. The van der Waals surface area contributed by atoms with E-state index in [2.05, 4.69) is 30.7 Å². The molecular weight excluding hydrogens is 216 g/mol. The lowest BCUT2D eigenvalue weighted by Gasteiger charge is -2.13. The Labute approximate surface area is 101 Å². The van der Waals surface area contributed by atoms with Crippen LogP contribution in [0.3, 0.4) is 0 Å². The molecule has 0 fully saturated rings. The molecule has 0 atom stereocenters. The Kier molecular flexibility index (Phi) is 2.73. The van der Waals surface area contributed by atoms with Gasteiger partial charge in [0.2, 0.25) is 0 Å². The van der Waals surface area contributed by atoms with Crippen molar-refractivity contribution in [2.24, 2.45) is 0 Å². The minimum atomic E-state index is -0.000506. The number of H-pyrrole nitrogens is 1. The third-order valence-corrected chi connectivity index (χ3v) is 2.70. The van der Waals surface area contributed by atoms with Crippen molar-refractivity contribution in [1.29, 1.82) is 0 Å². The highest BCUT2D eigenvalue weighted by Crippen LogP contribution is 2.32. The van der Waals surface area contributed by atoms with Gasteiger partial charge >= 0.3 is 0 Å². The summed E-state index contributed by atoms with van der Waals surface area (Å²) in [5, 5.41) is 0. The number of fused-ring (bicyclic) bond motifs is 1. The van der Waals surface area contributed by atoms with Gasteiger partial charge in [-0.15, -0.1) is 0 Å². The molecule has 1 heterocycles. The largest absolute Gasteiger partial charge is 0.493 e. The van der Waals surface area contributed by atoms with E-state index in [1.807, 2.05) is 12.1 Å². The third kappa shape index (κ3) is 2.07. The van der Waals surface area contributed by atoms with Gasteiger partial charge in [-0.2, -0.15) is 0 Å². The molecule has 0 aliphatic carbocycles. The Morgan fingerprint density at radius 1 is 1.06 bits per heavy atom. The highest BCUT2D eigenvalue weighted by Gasteiger charge is 2.19. The second-order valence-electron chi connectivity index (χ2n) is 5.06. The van der Waals surface area contributed by atoms with Crippen molar-refractivity contribution in [1.82, 2.24) is 9.97 Å². The lowest BCUT2D eigenvalue weighted by atomic mass is 9.96. The Bertz CT molecular complexity index is 497. The van der Waals surface area contributed by atoms with Crippen molar-refractivity contribution in [3.05, 3.63) is 18.0 Å². The topological polar surface area (TPSA) is 47.1 Å². The van der Waals surface area contributed by atoms with Crippen LogP contribution in [0.1, 0.15) is 26.6 Å². The van der Waals surface area contributed by atoms with Crippen LogP contribution in [0.2, 0.25) is 0 Å². The maximum atomic E-state index is 5.27. The first-order valence-electron chi connectivity index (χ1n) is 5.58. The quantitative estimate of drug-likeness (QED) is 0.869. The number of hydrogen-bond donors (Lipinski definition) is 1. The molecule has 2 rings (SSSR count). The van der Waals surface area contributed by atoms with Gasteiger partial charge in [-0.3, -0.25) is 0 Å². The van der Waals surface area contributed by atoms with E-state index in [0.717, 1.165) is 16.9 Å². The fourth-order valence-corrected chi connectivity index (χ4v) is 1.69. The lowest BCUT2D eigenvalue weighted by Crippen LogP contribution is -2.12. The van der Waals surface area contributed by atoms with Crippen LogP contribution in [0.15, 0.2) is 12.1 Å². The van der Waals surface area contributed by atoms with Crippen molar-refractivity contribution in [2.75, 3.05) is 14.2 Å². The molecule has 0 spiro atoms. The van der Waals surface area contributed by atoms with Gasteiger partial charge in [0, 0.05) is 17.5 Å². The minimum Gasteiger partial charge on any atom is -0.493 e. The molecular formula is C13H18N2O2. The number of benzene rings is 1. The number of aromatic amines is 1. The number of nitrogens with zero attached hydrogens (tertiary/aromatic N) is 1. The van der Waals surface area contributed by atoms with E-state index in [9.17, 15) is 0 Å². The van der Waals surface area contributed by atoms with Crippen LogP contribution >= 0.6 is 0 Å². The Balaban J connectivity index is 2.61.